The zero-order chi connectivity index (χ0) is 26.8. The molecule has 0 N–H and O–H groups in total. The van der Waals surface area contributed by atoms with Crippen LogP contribution in [0.3, 0.4) is 0 Å². The number of carboxylic acid groups (broad SMARTS) is 1. The van der Waals surface area contributed by atoms with Gasteiger partial charge in [-0.2, -0.15) is 26.3 Å². The Morgan fingerprint density at radius 3 is 1.69 bits per heavy atom. The van der Waals surface area contributed by atoms with Crippen molar-refractivity contribution in [1.29, 1.82) is 0 Å². The fraction of sp³-hybridized carbons (Fsp3) is 0.864. The van der Waals surface area contributed by atoms with E-state index in [1.54, 1.807) is 0 Å². The Morgan fingerprint density at radius 2 is 1.28 bits per heavy atom. The van der Waals surface area contributed by atoms with Crippen LogP contribution in [0.25, 0.3) is 0 Å². The molecule has 0 amide bonds. The molecular weight excluding hydrogens is 506 g/mol. The molecule has 8 nitrogen and oxygen atoms in total. The van der Waals surface area contributed by atoms with Crippen molar-refractivity contribution in [1.82, 2.24) is 0 Å². The first-order valence-corrected chi connectivity index (χ1v) is 11.5. The predicted molar refractivity (Wildman–Crippen MR) is 101 cm³/mol. The van der Waals surface area contributed by atoms with Crippen molar-refractivity contribution < 1.29 is 64.8 Å². The Hall–Kier alpha value is -2.09. The molecule has 0 spiro atoms. The zero-order valence-corrected chi connectivity index (χ0v) is 19.3. The molecule has 1 aliphatic heterocycles. The highest BCUT2D eigenvalue weighted by molar-refractivity contribution is 5.87. The van der Waals surface area contributed by atoms with E-state index in [2.05, 4.69) is 4.74 Å². The summed E-state index contributed by atoms with van der Waals surface area (Å²) in [6, 6.07) is 0. The van der Waals surface area contributed by atoms with Crippen LogP contribution >= 0.6 is 0 Å². The maximum atomic E-state index is 13.5. The van der Waals surface area contributed by atoms with Gasteiger partial charge in [-0.1, -0.05) is 0 Å². The molecular formula is C22H25F6O8-. The monoisotopic (exact) mass is 531 g/mol. The van der Waals surface area contributed by atoms with Crippen LogP contribution in [0.5, 0.6) is 0 Å². The molecule has 4 saturated carbocycles. The third-order valence-electron chi connectivity index (χ3n) is 7.54. The summed E-state index contributed by atoms with van der Waals surface area (Å²) in [4.78, 5) is 36.4. The van der Waals surface area contributed by atoms with E-state index in [0.717, 1.165) is 32.1 Å². The van der Waals surface area contributed by atoms with E-state index < -0.39 is 66.4 Å². The summed E-state index contributed by atoms with van der Waals surface area (Å²) >= 11 is 0. The van der Waals surface area contributed by atoms with Crippen LogP contribution in [0.1, 0.15) is 52.4 Å². The van der Waals surface area contributed by atoms with Crippen molar-refractivity contribution in [2.45, 2.75) is 94.4 Å². The van der Waals surface area contributed by atoms with Crippen molar-refractivity contribution in [2.24, 2.45) is 23.7 Å². The molecule has 2 unspecified atom stereocenters. The van der Waals surface area contributed by atoms with E-state index in [1.807, 2.05) is 0 Å². The number of alkyl halides is 6. The Balaban J connectivity index is 1.55. The molecule has 4 bridgehead atoms. The maximum Gasteiger partial charge on any atom is 0.437 e. The van der Waals surface area contributed by atoms with Crippen LogP contribution in [0, 0.1) is 23.7 Å². The highest BCUT2D eigenvalue weighted by Crippen LogP contribution is 2.55. The van der Waals surface area contributed by atoms with Crippen molar-refractivity contribution in [3.8, 4) is 0 Å². The minimum absolute atomic E-state index is 0.0668. The SMILES string of the molecule is CC1(C)OC(C(=O)OC2C3CC4CC(C3)CC2C4)C(C(=O)OC(CC(=O)[O-])(C(F)(F)F)C(F)(F)F)O1. The molecule has 204 valence electrons. The van der Waals surface area contributed by atoms with Gasteiger partial charge in [0.1, 0.15) is 6.10 Å². The molecule has 5 aliphatic rings. The Kier molecular flexibility index (Phi) is 6.55. The largest absolute Gasteiger partial charge is 0.550 e. The number of carbonyl (C=O) groups is 3. The van der Waals surface area contributed by atoms with Crippen molar-refractivity contribution in [3.63, 3.8) is 0 Å². The van der Waals surface area contributed by atoms with Gasteiger partial charge in [0, 0.05) is 12.4 Å². The van der Waals surface area contributed by atoms with Gasteiger partial charge >= 0.3 is 29.9 Å². The van der Waals surface area contributed by atoms with Gasteiger partial charge in [0.25, 0.3) is 0 Å². The van der Waals surface area contributed by atoms with Crippen LogP contribution in [0.2, 0.25) is 0 Å². The molecule has 5 fully saturated rings. The lowest BCUT2D eigenvalue weighted by Gasteiger charge is -2.53. The van der Waals surface area contributed by atoms with Gasteiger partial charge in [0.05, 0.1) is 0 Å². The maximum absolute atomic E-state index is 13.5. The van der Waals surface area contributed by atoms with Crippen LogP contribution in [0.15, 0.2) is 0 Å². The number of aliphatic carboxylic acids is 1. The summed E-state index contributed by atoms with van der Waals surface area (Å²) in [5.74, 6) is -6.81. The summed E-state index contributed by atoms with van der Waals surface area (Å²) in [7, 11) is 0. The highest BCUT2D eigenvalue weighted by atomic mass is 19.4. The van der Waals surface area contributed by atoms with Gasteiger partial charge in [-0.15, -0.1) is 0 Å². The molecule has 1 saturated heterocycles. The zero-order valence-electron chi connectivity index (χ0n) is 19.3. The summed E-state index contributed by atoms with van der Waals surface area (Å²) < 4.78 is 101. The second-order valence-electron chi connectivity index (χ2n) is 10.6. The van der Waals surface area contributed by atoms with E-state index in [1.165, 1.54) is 13.8 Å². The van der Waals surface area contributed by atoms with Gasteiger partial charge in [0.2, 0.25) is 0 Å². The molecule has 2 atom stereocenters. The van der Waals surface area contributed by atoms with Gasteiger partial charge in [-0.3, -0.25) is 0 Å². The molecule has 0 aromatic rings. The number of rotatable bonds is 6. The molecule has 0 radical (unpaired) electrons. The van der Waals surface area contributed by atoms with Gasteiger partial charge in [-0.25, -0.2) is 9.59 Å². The molecule has 36 heavy (non-hydrogen) atoms. The first-order chi connectivity index (χ1) is 16.4. The van der Waals surface area contributed by atoms with Gasteiger partial charge in [-0.05, 0) is 69.6 Å². The van der Waals surface area contributed by atoms with Gasteiger partial charge in [0.15, 0.2) is 18.0 Å². The Labute approximate surface area is 201 Å². The standard InChI is InChI=1S/C22H26F6O8/c1-19(2)34-15(17(31)33-14-11-4-9-3-10(6-11)7-12(14)5-9)16(35-19)18(32)36-20(8-13(29)30,21(23,24)25)22(26,27)28/h9-12,14-16H,3-8H2,1-2H3,(H,29,30)/p-1. The topological polar surface area (TPSA) is 111 Å². The minimum atomic E-state index is -6.38. The fourth-order valence-electron chi connectivity index (χ4n) is 6.32. The van der Waals surface area contributed by atoms with Crippen LogP contribution in [-0.2, 0) is 33.3 Å². The number of hydrogen-bond acceptors (Lipinski definition) is 8. The second kappa shape index (κ2) is 8.74. The fourth-order valence-corrected chi connectivity index (χ4v) is 6.32. The summed E-state index contributed by atoms with van der Waals surface area (Å²) in [6.45, 7) is 2.37. The number of halogens is 6. The highest BCUT2D eigenvalue weighted by Gasteiger charge is 2.75. The number of carboxylic acids is 1. The first kappa shape index (κ1) is 27.0. The number of carbonyl (C=O) groups excluding carboxylic acids is 3. The quantitative estimate of drug-likeness (QED) is 0.380. The normalized spacial score (nSPS) is 35.5. The average Bonchev–Trinajstić information content (AvgIpc) is 3.03. The lowest BCUT2D eigenvalue weighted by Crippen LogP contribution is -2.63. The average molecular weight is 531 g/mol. The predicted octanol–water partition coefficient (Wildman–Crippen LogP) is 2.42. The van der Waals surface area contributed by atoms with Crippen molar-refractivity contribution in [3.05, 3.63) is 0 Å². The van der Waals surface area contributed by atoms with E-state index in [9.17, 15) is 45.8 Å². The third kappa shape index (κ3) is 4.77. The lowest BCUT2D eigenvalue weighted by atomic mass is 9.55. The smallest absolute Gasteiger partial charge is 0.437 e. The number of hydrogen-bond donors (Lipinski definition) is 0. The molecule has 0 aromatic heterocycles. The molecule has 5 rings (SSSR count). The third-order valence-corrected chi connectivity index (χ3v) is 7.54. The summed E-state index contributed by atoms with van der Waals surface area (Å²) in [6.07, 6.45) is -15.9. The molecule has 0 aromatic carbocycles. The van der Waals surface area contributed by atoms with Crippen LogP contribution in [-0.4, -0.2) is 60.0 Å². The van der Waals surface area contributed by atoms with Crippen LogP contribution < -0.4 is 5.11 Å². The minimum Gasteiger partial charge on any atom is -0.550 e. The van der Waals surface area contributed by atoms with E-state index >= 15 is 0 Å². The van der Waals surface area contributed by atoms with Gasteiger partial charge < -0.3 is 28.8 Å². The Morgan fingerprint density at radius 1 is 0.833 bits per heavy atom. The van der Waals surface area contributed by atoms with Crippen LogP contribution in [0.4, 0.5) is 26.3 Å². The Bertz CT molecular complexity index is 871. The van der Waals surface area contributed by atoms with Crippen molar-refractivity contribution >= 4 is 17.9 Å². The second-order valence-corrected chi connectivity index (χ2v) is 10.6. The van der Waals surface area contributed by atoms with E-state index in [0.29, 0.717) is 11.8 Å². The molecule has 4 aliphatic carbocycles. The lowest BCUT2D eigenvalue weighted by molar-refractivity contribution is -0.382. The molecule has 14 heteroatoms. The van der Waals surface area contributed by atoms with Crippen molar-refractivity contribution in [2.75, 3.05) is 0 Å². The van der Waals surface area contributed by atoms with E-state index in [-0.39, 0.29) is 11.8 Å². The summed E-state index contributed by atoms with van der Waals surface area (Å²) in [5.41, 5.74) is -5.43. The number of esters is 2. The summed E-state index contributed by atoms with van der Waals surface area (Å²) in [5, 5.41) is 10.8. The first-order valence-electron chi connectivity index (χ1n) is 11.5. The number of ether oxygens (including phenoxy) is 4. The van der Waals surface area contributed by atoms with E-state index in [4.69, 9.17) is 14.2 Å². The molecule has 1 heterocycles.